The summed E-state index contributed by atoms with van der Waals surface area (Å²) in [7, 11) is 0. The standard InChI is InChI=1S/C14H12BrN3O/c15-11-3-1-10(2-4-11)13-5-6-14-16-12(7-8-19)9-18(14)17-13/h1-6,9,19H,7-8H2. The van der Waals surface area contributed by atoms with Crippen LogP contribution in [0.25, 0.3) is 16.9 Å². The van der Waals surface area contributed by atoms with Gasteiger partial charge in [0.05, 0.1) is 17.6 Å². The lowest BCUT2D eigenvalue weighted by Gasteiger charge is -2.01. The highest BCUT2D eigenvalue weighted by atomic mass is 79.9. The van der Waals surface area contributed by atoms with Crippen molar-refractivity contribution in [1.82, 2.24) is 14.6 Å². The van der Waals surface area contributed by atoms with E-state index in [9.17, 15) is 0 Å². The molecule has 0 amide bonds. The number of aromatic nitrogens is 3. The fraction of sp³-hybridized carbons (Fsp3) is 0.143. The van der Waals surface area contributed by atoms with Crippen LogP contribution in [0.4, 0.5) is 0 Å². The number of imidazole rings is 1. The van der Waals surface area contributed by atoms with E-state index in [0.29, 0.717) is 6.42 Å². The molecule has 0 aliphatic heterocycles. The number of halogens is 1. The second-order valence-corrected chi connectivity index (χ2v) is 5.15. The summed E-state index contributed by atoms with van der Waals surface area (Å²) in [6.07, 6.45) is 2.41. The lowest BCUT2D eigenvalue weighted by molar-refractivity contribution is 0.298. The first-order valence-electron chi connectivity index (χ1n) is 5.98. The van der Waals surface area contributed by atoms with Gasteiger partial charge in [0.15, 0.2) is 5.65 Å². The van der Waals surface area contributed by atoms with Gasteiger partial charge in [0.1, 0.15) is 0 Å². The SMILES string of the molecule is OCCc1cn2nc(-c3ccc(Br)cc3)ccc2n1. The lowest BCUT2D eigenvalue weighted by atomic mass is 10.1. The van der Waals surface area contributed by atoms with Gasteiger partial charge in [-0.1, -0.05) is 28.1 Å². The Morgan fingerprint density at radius 1 is 1.11 bits per heavy atom. The topological polar surface area (TPSA) is 50.4 Å². The predicted octanol–water partition coefficient (Wildman–Crippen LogP) is 2.69. The van der Waals surface area contributed by atoms with Gasteiger partial charge in [0.25, 0.3) is 0 Å². The number of nitrogens with zero attached hydrogens (tertiary/aromatic N) is 3. The number of benzene rings is 1. The van der Waals surface area contributed by atoms with E-state index in [4.69, 9.17) is 5.11 Å². The minimum absolute atomic E-state index is 0.101. The van der Waals surface area contributed by atoms with Crippen molar-refractivity contribution >= 4 is 21.6 Å². The van der Waals surface area contributed by atoms with Gasteiger partial charge >= 0.3 is 0 Å². The van der Waals surface area contributed by atoms with E-state index in [1.54, 1.807) is 4.52 Å². The molecule has 2 heterocycles. The van der Waals surface area contributed by atoms with E-state index in [1.165, 1.54) is 0 Å². The van der Waals surface area contributed by atoms with Gasteiger partial charge in [-0.25, -0.2) is 9.50 Å². The molecular formula is C14H12BrN3O. The Bertz CT molecular complexity index is 706. The Balaban J connectivity index is 2.03. The Hall–Kier alpha value is -1.72. The van der Waals surface area contributed by atoms with E-state index < -0.39 is 0 Å². The molecule has 4 nitrogen and oxygen atoms in total. The highest BCUT2D eigenvalue weighted by Gasteiger charge is 2.05. The minimum atomic E-state index is 0.101. The average Bonchev–Trinajstić information content (AvgIpc) is 2.81. The Morgan fingerprint density at radius 3 is 2.63 bits per heavy atom. The summed E-state index contributed by atoms with van der Waals surface area (Å²) >= 11 is 3.42. The van der Waals surface area contributed by atoms with E-state index in [0.717, 1.165) is 27.1 Å². The Labute approximate surface area is 118 Å². The molecular weight excluding hydrogens is 306 g/mol. The highest BCUT2D eigenvalue weighted by molar-refractivity contribution is 9.10. The highest BCUT2D eigenvalue weighted by Crippen LogP contribution is 2.20. The number of fused-ring (bicyclic) bond motifs is 1. The molecule has 0 unspecified atom stereocenters. The van der Waals surface area contributed by atoms with E-state index in [1.807, 2.05) is 42.6 Å². The molecule has 19 heavy (non-hydrogen) atoms. The van der Waals surface area contributed by atoms with Crippen LogP contribution in [0.3, 0.4) is 0 Å². The first-order valence-corrected chi connectivity index (χ1v) is 6.78. The maximum atomic E-state index is 8.93. The average molecular weight is 318 g/mol. The second kappa shape index (κ2) is 5.11. The van der Waals surface area contributed by atoms with Crippen molar-refractivity contribution in [2.45, 2.75) is 6.42 Å². The quantitative estimate of drug-likeness (QED) is 0.808. The van der Waals surface area contributed by atoms with Crippen molar-refractivity contribution in [1.29, 1.82) is 0 Å². The molecule has 5 heteroatoms. The zero-order chi connectivity index (χ0) is 13.2. The zero-order valence-electron chi connectivity index (χ0n) is 10.1. The van der Waals surface area contributed by atoms with Crippen LogP contribution in [0.2, 0.25) is 0 Å². The van der Waals surface area contributed by atoms with E-state index >= 15 is 0 Å². The molecule has 0 radical (unpaired) electrons. The van der Waals surface area contributed by atoms with Crippen molar-refractivity contribution in [2.75, 3.05) is 6.61 Å². The normalized spacial score (nSPS) is 11.1. The van der Waals surface area contributed by atoms with E-state index in [-0.39, 0.29) is 6.61 Å². The van der Waals surface area contributed by atoms with Gasteiger partial charge in [0.2, 0.25) is 0 Å². The van der Waals surface area contributed by atoms with Gasteiger partial charge in [0, 0.05) is 23.1 Å². The molecule has 1 N–H and O–H groups in total. The van der Waals surface area contributed by atoms with Crippen molar-refractivity contribution in [3.05, 3.63) is 52.8 Å². The smallest absolute Gasteiger partial charge is 0.153 e. The Morgan fingerprint density at radius 2 is 1.89 bits per heavy atom. The summed E-state index contributed by atoms with van der Waals surface area (Å²) in [6, 6.07) is 11.9. The third-order valence-corrected chi connectivity index (χ3v) is 3.41. The molecule has 3 rings (SSSR count). The summed E-state index contributed by atoms with van der Waals surface area (Å²) in [5.74, 6) is 0. The van der Waals surface area contributed by atoms with Crippen LogP contribution in [0.5, 0.6) is 0 Å². The van der Waals surface area contributed by atoms with Crippen LogP contribution in [0, 0.1) is 0 Å². The molecule has 96 valence electrons. The summed E-state index contributed by atoms with van der Waals surface area (Å²) in [6.45, 7) is 0.101. The van der Waals surface area contributed by atoms with Gasteiger partial charge in [-0.2, -0.15) is 5.10 Å². The van der Waals surface area contributed by atoms with Gasteiger partial charge in [-0.3, -0.25) is 0 Å². The van der Waals surface area contributed by atoms with E-state index in [2.05, 4.69) is 26.0 Å². The molecule has 0 saturated carbocycles. The second-order valence-electron chi connectivity index (χ2n) is 4.23. The van der Waals surface area contributed by atoms with Crippen LogP contribution in [0.1, 0.15) is 5.69 Å². The molecule has 1 aromatic carbocycles. The van der Waals surface area contributed by atoms with Crippen LogP contribution in [-0.4, -0.2) is 26.3 Å². The molecule has 0 fully saturated rings. The third-order valence-electron chi connectivity index (χ3n) is 2.88. The minimum Gasteiger partial charge on any atom is -0.396 e. The summed E-state index contributed by atoms with van der Waals surface area (Å²) in [5, 5.41) is 13.5. The van der Waals surface area contributed by atoms with Crippen LogP contribution in [0.15, 0.2) is 47.1 Å². The molecule has 0 atom stereocenters. The zero-order valence-corrected chi connectivity index (χ0v) is 11.7. The van der Waals surface area contributed by atoms with Gasteiger partial charge in [-0.15, -0.1) is 0 Å². The summed E-state index contributed by atoms with van der Waals surface area (Å²) < 4.78 is 2.80. The maximum absolute atomic E-state index is 8.93. The van der Waals surface area contributed by atoms with Crippen molar-refractivity contribution in [3.63, 3.8) is 0 Å². The maximum Gasteiger partial charge on any atom is 0.153 e. The third kappa shape index (κ3) is 2.52. The Kier molecular flexibility index (Phi) is 3.31. The molecule has 0 saturated heterocycles. The van der Waals surface area contributed by atoms with Crippen molar-refractivity contribution in [2.24, 2.45) is 0 Å². The monoisotopic (exact) mass is 317 g/mol. The summed E-state index contributed by atoms with van der Waals surface area (Å²) in [5.41, 5.74) is 3.60. The van der Waals surface area contributed by atoms with Gasteiger partial charge < -0.3 is 5.11 Å². The van der Waals surface area contributed by atoms with Crippen LogP contribution < -0.4 is 0 Å². The number of hydrogen-bond acceptors (Lipinski definition) is 3. The fourth-order valence-corrected chi connectivity index (χ4v) is 2.21. The van der Waals surface area contributed by atoms with Crippen molar-refractivity contribution < 1.29 is 5.11 Å². The number of hydrogen-bond donors (Lipinski definition) is 1. The fourth-order valence-electron chi connectivity index (χ4n) is 1.94. The molecule has 0 aliphatic rings. The van der Waals surface area contributed by atoms with Crippen molar-refractivity contribution in [3.8, 4) is 11.3 Å². The largest absolute Gasteiger partial charge is 0.396 e. The first-order chi connectivity index (χ1) is 9.26. The molecule has 0 aliphatic carbocycles. The molecule has 0 spiro atoms. The summed E-state index contributed by atoms with van der Waals surface area (Å²) in [4.78, 5) is 4.38. The first kappa shape index (κ1) is 12.3. The number of aliphatic hydroxyl groups is 1. The molecule has 0 bridgehead atoms. The van der Waals surface area contributed by atoms with Gasteiger partial charge in [-0.05, 0) is 24.3 Å². The number of aliphatic hydroxyl groups excluding tert-OH is 1. The predicted molar refractivity (Wildman–Crippen MR) is 76.9 cm³/mol. The van der Waals surface area contributed by atoms with Crippen LogP contribution >= 0.6 is 15.9 Å². The van der Waals surface area contributed by atoms with Crippen LogP contribution in [-0.2, 0) is 6.42 Å². The lowest BCUT2D eigenvalue weighted by Crippen LogP contribution is -1.92. The number of rotatable bonds is 3. The molecule has 3 aromatic rings. The molecule has 2 aromatic heterocycles.